The predicted octanol–water partition coefficient (Wildman–Crippen LogP) is 15.4. The molecule has 0 spiro atoms. The van der Waals surface area contributed by atoms with Crippen molar-refractivity contribution in [1.82, 2.24) is 4.57 Å². The van der Waals surface area contributed by atoms with E-state index in [4.69, 9.17) is 0 Å². The standard InChI is InChI=1S/C57H34N2/c58-35-36-21-23-38(24-22-36)44-28-29-45(47-17-7-6-16-46(44)47)39-25-27-50-51(31-39)48-18-8-9-19-49(48)52-33-55-54-32-40(43-20-10-12-37-11-4-5-15-42(37)43)26-30-56(54)59(57(55)34-53(50)52)41-13-2-1-3-14-41/h1-34H. The monoisotopic (exact) mass is 746 g/mol. The summed E-state index contributed by atoms with van der Waals surface area (Å²) in [6.07, 6.45) is 0. The molecule has 0 saturated heterocycles. The zero-order valence-corrected chi connectivity index (χ0v) is 32.0. The Bertz CT molecular complexity index is 3710. The molecule has 272 valence electrons. The average Bonchev–Trinajstić information content (AvgIpc) is 3.63. The fraction of sp³-hybridized carbons (Fsp3) is 0. The van der Waals surface area contributed by atoms with Gasteiger partial charge in [0.2, 0.25) is 0 Å². The molecular formula is C57H34N2. The molecule has 0 radical (unpaired) electrons. The van der Waals surface area contributed by atoms with Gasteiger partial charge < -0.3 is 4.57 Å². The molecular weight excluding hydrogens is 713 g/mol. The van der Waals surface area contributed by atoms with Gasteiger partial charge in [0.15, 0.2) is 0 Å². The lowest BCUT2D eigenvalue weighted by Crippen LogP contribution is -1.93. The van der Waals surface area contributed by atoms with Crippen molar-refractivity contribution >= 4 is 75.7 Å². The SMILES string of the molecule is N#Cc1ccc(-c2ccc(-c3ccc4c(c3)c3ccccc3c3cc5c6cc(-c7cccc8ccccc78)ccc6n(-c6ccccc6)c5cc43)c3ccccc23)cc1. The van der Waals surface area contributed by atoms with Gasteiger partial charge in [0.05, 0.1) is 22.7 Å². The summed E-state index contributed by atoms with van der Waals surface area (Å²) in [5.74, 6) is 0. The van der Waals surface area contributed by atoms with Gasteiger partial charge in [0.25, 0.3) is 0 Å². The van der Waals surface area contributed by atoms with E-state index in [0.717, 1.165) is 16.8 Å². The quantitative estimate of drug-likeness (QED) is 0.165. The van der Waals surface area contributed by atoms with Gasteiger partial charge in [-0.05, 0) is 142 Å². The Kier molecular flexibility index (Phi) is 7.33. The summed E-state index contributed by atoms with van der Waals surface area (Å²) in [7, 11) is 0. The van der Waals surface area contributed by atoms with Gasteiger partial charge in [-0.25, -0.2) is 0 Å². The molecule has 0 atom stereocenters. The van der Waals surface area contributed by atoms with Crippen LogP contribution < -0.4 is 0 Å². The summed E-state index contributed by atoms with van der Waals surface area (Å²) in [6, 6.07) is 77.2. The number of hydrogen-bond acceptors (Lipinski definition) is 1. The zero-order valence-electron chi connectivity index (χ0n) is 32.0. The maximum Gasteiger partial charge on any atom is 0.0991 e. The second-order valence-electron chi connectivity index (χ2n) is 15.5. The van der Waals surface area contributed by atoms with Crippen LogP contribution in [0.2, 0.25) is 0 Å². The van der Waals surface area contributed by atoms with Crippen LogP contribution in [0.15, 0.2) is 206 Å². The van der Waals surface area contributed by atoms with Crippen LogP contribution in [0.5, 0.6) is 0 Å². The fourth-order valence-electron chi connectivity index (χ4n) is 9.66. The van der Waals surface area contributed by atoms with Crippen LogP contribution in [0.25, 0.3) is 115 Å². The Labute approximate surface area is 341 Å². The van der Waals surface area contributed by atoms with Crippen molar-refractivity contribution in [1.29, 1.82) is 5.26 Å². The first kappa shape index (κ1) is 33.2. The molecule has 0 N–H and O–H groups in total. The molecule has 0 fully saturated rings. The van der Waals surface area contributed by atoms with E-state index in [1.54, 1.807) is 0 Å². The van der Waals surface area contributed by atoms with E-state index in [-0.39, 0.29) is 0 Å². The highest BCUT2D eigenvalue weighted by molar-refractivity contribution is 6.29. The third-order valence-electron chi connectivity index (χ3n) is 12.4. The first-order valence-electron chi connectivity index (χ1n) is 20.1. The van der Waals surface area contributed by atoms with E-state index < -0.39 is 0 Å². The van der Waals surface area contributed by atoms with E-state index >= 15 is 0 Å². The molecule has 0 aliphatic heterocycles. The highest BCUT2D eigenvalue weighted by Gasteiger charge is 2.19. The average molecular weight is 747 g/mol. The number of fused-ring (bicyclic) bond motifs is 11. The van der Waals surface area contributed by atoms with Crippen molar-refractivity contribution in [3.63, 3.8) is 0 Å². The molecule has 12 rings (SSSR count). The molecule has 0 bridgehead atoms. The van der Waals surface area contributed by atoms with Crippen molar-refractivity contribution in [2.45, 2.75) is 0 Å². The molecule has 11 aromatic carbocycles. The Balaban J connectivity index is 1.11. The van der Waals surface area contributed by atoms with Crippen molar-refractivity contribution in [3.05, 3.63) is 212 Å². The number of rotatable bonds is 4. The summed E-state index contributed by atoms with van der Waals surface area (Å²) in [5, 5.41) is 24.3. The smallest absolute Gasteiger partial charge is 0.0991 e. The molecule has 0 aliphatic rings. The van der Waals surface area contributed by atoms with Gasteiger partial charge in [-0.3, -0.25) is 0 Å². The zero-order chi connectivity index (χ0) is 39.0. The minimum absolute atomic E-state index is 0.666. The van der Waals surface area contributed by atoms with E-state index in [1.807, 2.05) is 24.3 Å². The van der Waals surface area contributed by atoms with Crippen LogP contribution in [-0.2, 0) is 0 Å². The van der Waals surface area contributed by atoms with Crippen molar-refractivity contribution in [3.8, 4) is 45.1 Å². The van der Waals surface area contributed by atoms with Gasteiger partial charge >= 0.3 is 0 Å². The molecule has 12 aromatic rings. The Morgan fingerprint density at radius 3 is 1.54 bits per heavy atom. The summed E-state index contributed by atoms with van der Waals surface area (Å²) >= 11 is 0. The van der Waals surface area contributed by atoms with Crippen LogP contribution in [0.4, 0.5) is 0 Å². The van der Waals surface area contributed by atoms with Crippen molar-refractivity contribution < 1.29 is 0 Å². The molecule has 1 aromatic heterocycles. The van der Waals surface area contributed by atoms with Gasteiger partial charge in [-0.2, -0.15) is 5.26 Å². The van der Waals surface area contributed by atoms with Gasteiger partial charge in [-0.15, -0.1) is 0 Å². The summed E-state index contributed by atoms with van der Waals surface area (Å²) in [4.78, 5) is 0. The minimum atomic E-state index is 0.666. The number of benzene rings is 11. The largest absolute Gasteiger partial charge is 0.309 e. The molecule has 2 nitrogen and oxygen atoms in total. The minimum Gasteiger partial charge on any atom is -0.309 e. The first-order chi connectivity index (χ1) is 29.2. The Morgan fingerprint density at radius 2 is 0.814 bits per heavy atom. The van der Waals surface area contributed by atoms with Crippen LogP contribution in [0, 0.1) is 11.3 Å². The summed E-state index contributed by atoms with van der Waals surface area (Å²) < 4.78 is 2.44. The van der Waals surface area contributed by atoms with Crippen LogP contribution >= 0.6 is 0 Å². The summed E-state index contributed by atoms with van der Waals surface area (Å²) in [5.41, 5.74) is 11.3. The fourth-order valence-corrected chi connectivity index (χ4v) is 9.66. The molecule has 0 saturated carbocycles. The Hall–Kier alpha value is -7.99. The predicted molar refractivity (Wildman–Crippen MR) is 249 cm³/mol. The molecule has 2 heteroatoms. The molecule has 1 heterocycles. The van der Waals surface area contributed by atoms with E-state index in [9.17, 15) is 5.26 Å². The highest BCUT2D eigenvalue weighted by atomic mass is 15.0. The van der Waals surface area contributed by atoms with E-state index in [2.05, 4.69) is 193 Å². The normalized spacial score (nSPS) is 11.7. The second-order valence-corrected chi connectivity index (χ2v) is 15.5. The van der Waals surface area contributed by atoms with Crippen LogP contribution in [0.1, 0.15) is 5.56 Å². The van der Waals surface area contributed by atoms with Crippen molar-refractivity contribution in [2.24, 2.45) is 0 Å². The third kappa shape index (κ3) is 5.12. The second kappa shape index (κ2) is 13.0. The molecule has 0 amide bonds. The topological polar surface area (TPSA) is 28.7 Å². The van der Waals surface area contributed by atoms with Gasteiger partial charge in [0.1, 0.15) is 0 Å². The van der Waals surface area contributed by atoms with E-state index in [0.29, 0.717) is 5.56 Å². The lowest BCUT2D eigenvalue weighted by atomic mass is 9.88. The maximum atomic E-state index is 9.39. The number of nitriles is 1. The lowest BCUT2D eigenvalue weighted by Gasteiger charge is -2.15. The number of nitrogens with zero attached hydrogens (tertiary/aromatic N) is 2. The third-order valence-corrected chi connectivity index (χ3v) is 12.4. The highest BCUT2D eigenvalue weighted by Crippen LogP contribution is 2.44. The van der Waals surface area contributed by atoms with Crippen molar-refractivity contribution in [2.75, 3.05) is 0 Å². The maximum absolute atomic E-state index is 9.39. The lowest BCUT2D eigenvalue weighted by molar-refractivity contribution is 1.18. The molecule has 59 heavy (non-hydrogen) atoms. The number of aromatic nitrogens is 1. The first-order valence-corrected chi connectivity index (χ1v) is 20.1. The molecule has 0 aliphatic carbocycles. The Morgan fingerprint density at radius 1 is 0.305 bits per heavy atom. The van der Waals surface area contributed by atoms with E-state index in [1.165, 1.54) is 97.9 Å². The summed E-state index contributed by atoms with van der Waals surface area (Å²) in [6.45, 7) is 0. The number of para-hydroxylation sites is 1. The van der Waals surface area contributed by atoms with Crippen LogP contribution in [0.3, 0.4) is 0 Å². The van der Waals surface area contributed by atoms with Gasteiger partial charge in [-0.1, -0.05) is 152 Å². The molecule has 0 unspecified atom stereocenters. The number of hydrogen-bond donors (Lipinski definition) is 0. The van der Waals surface area contributed by atoms with Crippen LogP contribution in [-0.4, -0.2) is 4.57 Å². The van der Waals surface area contributed by atoms with Gasteiger partial charge in [0, 0.05) is 16.5 Å².